The Labute approximate surface area is 173 Å². The predicted octanol–water partition coefficient (Wildman–Crippen LogP) is 2.53. The number of anilines is 1. The zero-order valence-electron chi connectivity index (χ0n) is 16.4. The summed E-state index contributed by atoms with van der Waals surface area (Å²) in [4.78, 5) is 39.4. The number of amides is 1. The van der Waals surface area contributed by atoms with Crippen LogP contribution in [0.3, 0.4) is 0 Å². The largest absolute Gasteiger partial charge is 0.465 e. The van der Waals surface area contributed by atoms with Gasteiger partial charge in [-0.3, -0.25) is 19.8 Å². The minimum atomic E-state index is -1.33. The van der Waals surface area contributed by atoms with Gasteiger partial charge in [0.15, 0.2) is 5.54 Å². The standard InChI is InChI=1S/C22H21N3O5/c1-30-20(26)14-10-8-13(9-11-14)18-17-7-4-12-24(17)22(19(18)25(28)29)15-5-2-3-6-16(15)23-21(22)27/h2-3,5-6,8-11,17-19H,4,7,12H2,1H3,(H,23,27)/t17-,18+,19+,22+/m0/s1. The third-order valence-electron chi connectivity index (χ3n) is 6.81. The van der Waals surface area contributed by atoms with Gasteiger partial charge in [-0.15, -0.1) is 0 Å². The number of nitrogens with zero attached hydrogens (tertiary/aromatic N) is 2. The Balaban J connectivity index is 1.68. The van der Waals surface area contributed by atoms with Crippen molar-refractivity contribution in [2.75, 3.05) is 19.0 Å². The number of benzene rings is 2. The number of esters is 1. The normalized spacial score (nSPS) is 29.5. The minimum absolute atomic E-state index is 0.124. The highest BCUT2D eigenvalue weighted by atomic mass is 16.6. The second-order valence-electron chi connectivity index (χ2n) is 8.04. The molecule has 4 atom stereocenters. The summed E-state index contributed by atoms with van der Waals surface area (Å²) < 4.78 is 4.75. The lowest BCUT2D eigenvalue weighted by Crippen LogP contribution is -2.55. The SMILES string of the molecule is COC(=O)c1ccc([C@@H]2[C@@H]3CCCN3[C@@]3(C(=O)Nc4ccccc43)[C@@H]2[N+](=O)[O-])cc1. The van der Waals surface area contributed by atoms with Crippen LogP contribution >= 0.6 is 0 Å². The lowest BCUT2D eigenvalue weighted by molar-refractivity contribution is -0.534. The predicted molar refractivity (Wildman–Crippen MR) is 108 cm³/mol. The van der Waals surface area contributed by atoms with Crippen molar-refractivity contribution < 1.29 is 19.2 Å². The molecule has 30 heavy (non-hydrogen) atoms. The van der Waals surface area contributed by atoms with Gasteiger partial charge in [0.2, 0.25) is 0 Å². The second kappa shape index (κ2) is 6.63. The molecule has 2 saturated heterocycles. The van der Waals surface area contributed by atoms with E-state index in [1.54, 1.807) is 30.3 Å². The number of carbonyl (C=O) groups is 2. The zero-order valence-corrected chi connectivity index (χ0v) is 16.4. The van der Waals surface area contributed by atoms with Gasteiger partial charge in [-0.1, -0.05) is 30.3 Å². The average Bonchev–Trinajstić information content (AvgIpc) is 3.41. The fraction of sp³-hybridized carbons (Fsp3) is 0.364. The molecule has 8 nitrogen and oxygen atoms in total. The third kappa shape index (κ3) is 2.31. The molecule has 8 heteroatoms. The Bertz CT molecular complexity index is 1050. The maximum Gasteiger partial charge on any atom is 0.337 e. The van der Waals surface area contributed by atoms with E-state index < -0.39 is 23.5 Å². The number of hydrogen-bond acceptors (Lipinski definition) is 6. The Hall–Kier alpha value is -3.26. The molecule has 0 bridgehead atoms. The highest BCUT2D eigenvalue weighted by molar-refractivity contribution is 6.07. The summed E-state index contributed by atoms with van der Waals surface area (Å²) in [5, 5.41) is 15.4. The van der Waals surface area contributed by atoms with Gasteiger partial charge in [0, 0.05) is 28.8 Å². The summed E-state index contributed by atoms with van der Waals surface area (Å²) in [6.07, 6.45) is 1.66. The molecule has 1 spiro atoms. The number of methoxy groups -OCH3 is 1. The molecule has 5 rings (SSSR count). The van der Waals surface area contributed by atoms with Crippen LogP contribution in [-0.2, 0) is 15.1 Å². The lowest BCUT2D eigenvalue weighted by atomic mass is 9.77. The molecular formula is C22H21N3O5. The second-order valence-corrected chi connectivity index (χ2v) is 8.04. The number of fused-ring (bicyclic) bond motifs is 4. The fourth-order valence-electron chi connectivity index (χ4n) is 5.73. The van der Waals surface area contributed by atoms with Crippen LogP contribution in [0, 0.1) is 10.1 Å². The third-order valence-corrected chi connectivity index (χ3v) is 6.81. The van der Waals surface area contributed by atoms with Gasteiger partial charge in [-0.05, 0) is 36.6 Å². The topological polar surface area (TPSA) is 102 Å². The van der Waals surface area contributed by atoms with Crippen LogP contribution in [0.25, 0.3) is 0 Å². The first-order valence-electron chi connectivity index (χ1n) is 9.99. The summed E-state index contributed by atoms with van der Waals surface area (Å²) in [5.41, 5.74) is 1.14. The molecule has 0 aromatic heterocycles. The number of nitro groups is 1. The van der Waals surface area contributed by atoms with Gasteiger partial charge in [0.25, 0.3) is 11.9 Å². The van der Waals surface area contributed by atoms with E-state index in [4.69, 9.17) is 4.74 Å². The van der Waals surface area contributed by atoms with Gasteiger partial charge >= 0.3 is 5.97 Å². The molecule has 0 aliphatic carbocycles. The molecule has 154 valence electrons. The Kier molecular flexibility index (Phi) is 4.14. The van der Waals surface area contributed by atoms with E-state index in [0.29, 0.717) is 23.4 Å². The van der Waals surface area contributed by atoms with Crippen LogP contribution in [-0.4, -0.2) is 47.4 Å². The van der Waals surface area contributed by atoms with E-state index in [1.165, 1.54) is 7.11 Å². The van der Waals surface area contributed by atoms with Crippen molar-refractivity contribution in [2.24, 2.45) is 0 Å². The summed E-state index contributed by atoms with van der Waals surface area (Å²) in [5.74, 6) is -1.25. The fourth-order valence-corrected chi connectivity index (χ4v) is 5.73. The molecule has 3 aliphatic heterocycles. The minimum Gasteiger partial charge on any atom is -0.465 e. The molecule has 0 saturated carbocycles. The molecule has 1 amide bonds. The van der Waals surface area contributed by atoms with Gasteiger partial charge in [-0.2, -0.15) is 0 Å². The van der Waals surface area contributed by atoms with E-state index in [0.717, 1.165) is 18.4 Å². The summed E-state index contributed by atoms with van der Waals surface area (Å²) in [7, 11) is 1.31. The van der Waals surface area contributed by atoms with Crippen molar-refractivity contribution in [3.63, 3.8) is 0 Å². The van der Waals surface area contributed by atoms with E-state index in [2.05, 4.69) is 5.32 Å². The van der Waals surface area contributed by atoms with Crippen LogP contribution in [0.2, 0.25) is 0 Å². The van der Waals surface area contributed by atoms with E-state index in [-0.39, 0.29) is 16.9 Å². The highest BCUT2D eigenvalue weighted by Gasteiger charge is 2.73. The van der Waals surface area contributed by atoms with Crippen LogP contribution in [0.5, 0.6) is 0 Å². The monoisotopic (exact) mass is 407 g/mol. The zero-order chi connectivity index (χ0) is 21.0. The van der Waals surface area contributed by atoms with Crippen molar-refractivity contribution >= 4 is 17.6 Å². The van der Waals surface area contributed by atoms with Gasteiger partial charge in [0.05, 0.1) is 18.6 Å². The molecule has 0 unspecified atom stereocenters. The quantitative estimate of drug-likeness (QED) is 0.477. The first kappa shape index (κ1) is 18.7. The molecular weight excluding hydrogens is 386 g/mol. The maximum absolute atomic E-state index is 13.4. The number of hydrogen-bond donors (Lipinski definition) is 1. The first-order chi connectivity index (χ1) is 14.5. The highest BCUT2D eigenvalue weighted by Crippen LogP contribution is 2.57. The maximum atomic E-state index is 13.4. The molecule has 3 heterocycles. The van der Waals surface area contributed by atoms with Crippen LogP contribution in [0.4, 0.5) is 5.69 Å². The number of carbonyl (C=O) groups excluding carboxylic acids is 2. The van der Waals surface area contributed by atoms with Crippen LogP contribution < -0.4 is 5.32 Å². The van der Waals surface area contributed by atoms with E-state index >= 15 is 0 Å². The van der Waals surface area contributed by atoms with Crippen LogP contribution in [0.15, 0.2) is 48.5 Å². The number of ether oxygens (including phenoxy) is 1. The summed E-state index contributed by atoms with van der Waals surface area (Å²) in [6.45, 7) is 0.632. The van der Waals surface area contributed by atoms with Gasteiger partial charge < -0.3 is 10.1 Å². The summed E-state index contributed by atoms with van der Waals surface area (Å²) in [6, 6.07) is 12.8. The molecule has 2 aromatic rings. The molecule has 2 aromatic carbocycles. The molecule has 0 radical (unpaired) electrons. The van der Waals surface area contributed by atoms with Crippen molar-refractivity contribution in [2.45, 2.75) is 36.4 Å². The van der Waals surface area contributed by atoms with Crippen molar-refractivity contribution in [1.82, 2.24) is 4.90 Å². The smallest absolute Gasteiger partial charge is 0.337 e. The molecule has 2 fully saturated rings. The molecule has 3 aliphatic rings. The Morgan fingerprint density at radius 1 is 1.23 bits per heavy atom. The number of nitrogens with one attached hydrogen (secondary N) is 1. The number of rotatable bonds is 3. The van der Waals surface area contributed by atoms with Crippen molar-refractivity contribution in [1.29, 1.82) is 0 Å². The Morgan fingerprint density at radius 2 is 1.97 bits per heavy atom. The first-order valence-corrected chi connectivity index (χ1v) is 9.99. The number of para-hydroxylation sites is 1. The van der Waals surface area contributed by atoms with Crippen LogP contribution in [0.1, 0.15) is 40.2 Å². The average molecular weight is 407 g/mol. The summed E-state index contributed by atoms with van der Waals surface area (Å²) >= 11 is 0. The lowest BCUT2D eigenvalue weighted by Gasteiger charge is -2.32. The van der Waals surface area contributed by atoms with Crippen molar-refractivity contribution in [3.05, 3.63) is 75.3 Å². The Morgan fingerprint density at radius 3 is 2.67 bits per heavy atom. The molecule has 1 N–H and O–H groups in total. The van der Waals surface area contributed by atoms with E-state index in [9.17, 15) is 19.7 Å². The van der Waals surface area contributed by atoms with Gasteiger partial charge in [-0.25, -0.2) is 4.79 Å². The van der Waals surface area contributed by atoms with E-state index in [1.807, 2.05) is 23.1 Å². The van der Waals surface area contributed by atoms with Gasteiger partial charge in [0.1, 0.15) is 0 Å². The van der Waals surface area contributed by atoms with Crippen molar-refractivity contribution in [3.8, 4) is 0 Å².